The number of rotatable bonds is 4. The molecule has 0 aromatic heterocycles. The highest BCUT2D eigenvalue weighted by molar-refractivity contribution is 6.60. The molecule has 0 N–H and O–H groups in total. The molecule has 0 aliphatic carbocycles. The zero-order chi connectivity index (χ0) is 14.3. The van der Waals surface area contributed by atoms with Crippen molar-refractivity contribution in [3.8, 4) is 0 Å². The predicted molar refractivity (Wildman–Crippen MR) is 57.6 cm³/mol. The molecule has 0 rings (SSSR count). The van der Waals surface area contributed by atoms with Gasteiger partial charge in [-0.05, 0) is 20.3 Å². The van der Waals surface area contributed by atoms with E-state index in [2.05, 4.69) is 27.8 Å². The highest BCUT2D eigenvalue weighted by Gasteiger charge is 2.53. The Hall–Kier alpha value is -0.395. The minimum Gasteiger partial charge on any atom is -0.443 e. The van der Waals surface area contributed by atoms with Crippen LogP contribution in [0.25, 0.3) is 0 Å². The van der Waals surface area contributed by atoms with E-state index in [4.69, 9.17) is 0 Å². The molecular weight excluding hydrogens is 247 g/mol. The van der Waals surface area contributed by atoms with Gasteiger partial charge in [-0.25, -0.2) is 13.2 Å². The standard InChI is InChI=1S/C8H20N.CBF6/c1-5-8-9(4,6-2)7-3;3-1(4,5)2(6,7)8/h5-8H2,1-4H3;/q+1;-1. The van der Waals surface area contributed by atoms with Gasteiger partial charge in [-0.15, -0.1) is 0 Å². The molecule has 0 saturated carbocycles. The van der Waals surface area contributed by atoms with Gasteiger partial charge in [0.25, 0.3) is 0 Å². The molecule has 0 saturated heterocycles. The first-order valence-corrected chi connectivity index (χ1v) is 5.53. The Morgan fingerprint density at radius 1 is 0.941 bits per heavy atom. The Bertz CT molecular complexity index is 185. The number of nitrogens with zero attached hydrogens (tertiary/aromatic N) is 1. The van der Waals surface area contributed by atoms with Crippen molar-refractivity contribution in [1.82, 2.24) is 0 Å². The maximum Gasteiger partial charge on any atom is 0.583 e. The Morgan fingerprint density at radius 2 is 1.24 bits per heavy atom. The summed E-state index contributed by atoms with van der Waals surface area (Å²) in [5, 5.41) is 0. The van der Waals surface area contributed by atoms with Crippen LogP contribution in [0.15, 0.2) is 0 Å². The molecule has 0 aliphatic heterocycles. The Labute approximate surface area is 98.4 Å². The van der Waals surface area contributed by atoms with Crippen molar-refractivity contribution >= 4 is 6.98 Å². The maximum absolute atomic E-state index is 10.5. The van der Waals surface area contributed by atoms with Gasteiger partial charge in [0.15, 0.2) is 0 Å². The van der Waals surface area contributed by atoms with Crippen molar-refractivity contribution in [3.63, 3.8) is 0 Å². The van der Waals surface area contributed by atoms with Gasteiger partial charge >= 0.3 is 13.1 Å². The summed E-state index contributed by atoms with van der Waals surface area (Å²) < 4.78 is 64.1. The first-order chi connectivity index (χ1) is 7.43. The number of quaternary nitrogens is 1. The van der Waals surface area contributed by atoms with Crippen LogP contribution < -0.4 is 0 Å². The number of alkyl halides is 3. The number of halogens is 6. The zero-order valence-corrected chi connectivity index (χ0v) is 10.6. The summed E-state index contributed by atoms with van der Waals surface area (Å²) >= 11 is 0. The Morgan fingerprint density at radius 3 is 1.29 bits per heavy atom. The van der Waals surface area contributed by atoms with E-state index >= 15 is 0 Å². The molecule has 0 aromatic carbocycles. The summed E-state index contributed by atoms with van der Waals surface area (Å²) in [6, 6.07) is 0. The molecule has 0 unspecified atom stereocenters. The van der Waals surface area contributed by atoms with E-state index in [1.165, 1.54) is 30.5 Å². The molecule has 0 spiro atoms. The van der Waals surface area contributed by atoms with Crippen LogP contribution >= 0.6 is 0 Å². The van der Waals surface area contributed by atoms with E-state index in [0.29, 0.717) is 0 Å². The first-order valence-electron chi connectivity index (χ1n) is 5.53. The number of hydrogen-bond acceptors (Lipinski definition) is 0. The second-order valence-corrected chi connectivity index (χ2v) is 4.09. The summed E-state index contributed by atoms with van der Waals surface area (Å²) in [4.78, 5) is 0. The predicted octanol–water partition coefficient (Wildman–Crippen LogP) is 3.82. The molecule has 0 aliphatic rings. The van der Waals surface area contributed by atoms with E-state index in [-0.39, 0.29) is 0 Å². The second kappa shape index (κ2) is 7.13. The lowest BCUT2D eigenvalue weighted by molar-refractivity contribution is -0.906. The van der Waals surface area contributed by atoms with Gasteiger partial charge in [0.05, 0.1) is 26.7 Å². The normalized spacial score (nSPS) is 13.1. The minimum absolute atomic E-state index is 1.23. The van der Waals surface area contributed by atoms with Crippen LogP contribution in [0.4, 0.5) is 26.1 Å². The van der Waals surface area contributed by atoms with Gasteiger partial charge in [-0.3, -0.25) is 0 Å². The van der Waals surface area contributed by atoms with Gasteiger partial charge in [-0.1, -0.05) is 6.92 Å². The average molecular weight is 267 g/mol. The Kier molecular flexibility index (Phi) is 7.95. The molecule has 17 heavy (non-hydrogen) atoms. The quantitative estimate of drug-likeness (QED) is 0.412. The van der Waals surface area contributed by atoms with E-state index < -0.39 is 13.1 Å². The fourth-order valence-corrected chi connectivity index (χ4v) is 1.08. The van der Waals surface area contributed by atoms with Gasteiger partial charge in [-0.2, -0.15) is 0 Å². The van der Waals surface area contributed by atoms with Crippen molar-refractivity contribution in [3.05, 3.63) is 0 Å². The molecule has 0 fully saturated rings. The lowest BCUT2D eigenvalue weighted by Gasteiger charge is -2.31. The van der Waals surface area contributed by atoms with Crippen molar-refractivity contribution in [1.29, 1.82) is 0 Å². The van der Waals surface area contributed by atoms with E-state index in [1.807, 2.05) is 0 Å². The first kappa shape index (κ1) is 19.0. The van der Waals surface area contributed by atoms with Crippen LogP contribution in [0.5, 0.6) is 0 Å². The van der Waals surface area contributed by atoms with Crippen molar-refractivity contribution in [2.45, 2.75) is 33.3 Å². The second-order valence-electron chi connectivity index (χ2n) is 4.09. The third-order valence-electron chi connectivity index (χ3n) is 2.66. The summed E-state index contributed by atoms with van der Waals surface area (Å²) in [5.41, 5.74) is 0. The summed E-state index contributed by atoms with van der Waals surface area (Å²) in [7, 11) is 2.32. The highest BCUT2D eigenvalue weighted by atomic mass is 19.4. The smallest absolute Gasteiger partial charge is 0.443 e. The SMILES string of the molecule is CCC[N+](C)(CC)CC.F[B-](F)(F)C(F)(F)F. The van der Waals surface area contributed by atoms with Crippen LogP contribution in [0, 0.1) is 0 Å². The van der Waals surface area contributed by atoms with Crippen LogP contribution in [-0.2, 0) is 0 Å². The van der Waals surface area contributed by atoms with Crippen LogP contribution in [-0.4, -0.2) is 44.2 Å². The molecule has 0 bridgehead atoms. The van der Waals surface area contributed by atoms with Crippen molar-refractivity contribution in [2.24, 2.45) is 0 Å². The third kappa shape index (κ3) is 8.34. The topological polar surface area (TPSA) is 0 Å². The van der Waals surface area contributed by atoms with Crippen LogP contribution in [0.1, 0.15) is 27.2 Å². The molecule has 0 atom stereocenters. The van der Waals surface area contributed by atoms with Gasteiger partial charge in [0.1, 0.15) is 0 Å². The zero-order valence-electron chi connectivity index (χ0n) is 10.6. The van der Waals surface area contributed by atoms with Gasteiger partial charge in [0.2, 0.25) is 0 Å². The summed E-state index contributed by atoms with van der Waals surface area (Å²) in [5.74, 6) is 0. The van der Waals surface area contributed by atoms with Gasteiger partial charge in [0, 0.05) is 0 Å². The van der Waals surface area contributed by atoms with Crippen LogP contribution in [0.3, 0.4) is 0 Å². The molecule has 106 valence electrons. The monoisotopic (exact) mass is 267 g/mol. The lowest BCUT2D eigenvalue weighted by Crippen LogP contribution is -2.43. The molecule has 0 aromatic rings. The van der Waals surface area contributed by atoms with E-state index in [9.17, 15) is 26.1 Å². The maximum atomic E-state index is 10.5. The third-order valence-corrected chi connectivity index (χ3v) is 2.66. The van der Waals surface area contributed by atoms with Gasteiger partial charge < -0.3 is 17.4 Å². The molecule has 8 heteroatoms. The molecule has 0 radical (unpaired) electrons. The highest BCUT2D eigenvalue weighted by Crippen LogP contribution is 2.31. The average Bonchev–Trinajstić information content (AvgIpc) is 2.16. The van der Waals surface area contributed by atoms with Crippen LogP contribution in [0.2, 0.25) is 0 Å². The minimum atomic E-state index is -6.65. The Balaban J connectivity index is 0. The van der Waals surface area contributed by atoms with E-state index in [1.54, 1.807) is 0 Å². The molecule has 0 amide bonds. The molecular formula is C9H20BF6N. The largest absolute Gasteiger partial charge is 0.583 e. The molecule has 0 heterocycles. The molecule has 1 nitrogen and oxygen atoms in total. The van der Waals surface area contributed by atoms with Crippen molar-refractivity contribution in [2.75, 3.05) is 26.7 Å². The fraction of sp³-hybridized carbons (Fsp3) is 1.00. The summed E-state index contributed by atoms with van der Waals surface area (Å²) in [6.07, 6.45) is -4.70. The summed E-state index contributed by atoms with van der Waals surface area (Å²) in [6.45, 7) is 3.99. The van der Waals surface area contributed by atoms with E-state index in [0.717, 1.165) is 0 Å². The number of hydrogen-bond donors (Lipinski definition) is 0. The van der Waals surface area contributed by atoms with Crippen molar-refractivity contribution < 1.29 is 30.6 Å². The fourth-order valence-electron chi connectivity index (χ4n) is 1.08. The lowest BCUT2D eigenvalue weighted by atomic mass is 9.92.